The number of anilines is 2. The maximum Gasteiger partial charge on any atom is 0.417 e. The quantitative estimate of drug-likeness (QED) is 0.562. The Labute approximate surface area is 186 Å². The third-order valence-electron chi connectivity index (χ3n) is 4.74. The number of hydrogen-bond acceptors (Lipinski definition) is 7. The molecule has 3 aromatic heterocycles. The van der Waals surface area contributed by atoms with Crippen molar-refractivity contribution < 1.29 is 22.8 Å². The van der Waals surface area contributed by atoms with E-state index >= 15 is 0 Å². The van der Waals surface area contributed by atoms with Crippen molar-refractivity contribution in [3.63, 3.8) is 0 Å². The summed E-state index contributed by atoms with van der Waals surface area (Å²) in [5.41, 5.74) is 5.76. The van der Waals surface area contributed by atoms with Crippen molar-refractivity contribution in [3.8, 4) is 0 Å². The second-order valence-corrected chi connectivity index (χ2v) is 7.13. The van der Waals surface area contributed by atoms with Gasteiger partial charge in [-0.15, -0.1) is 0 Å². The highest BCUT2D eigenvalue weighted by molar-refractivity contribution is 6.39. The Hall–Kier alpha value is -4.09. The lowest BCUT2D eigenvalue weighted by Gasteiger charge is -2.27. The molecule has 12 heteroatoms. The molecule has 0 spiro atoms. The van der Waals surface area contributed by atoms with Gasteiger partial charge in [-0.3, -0.25) is 14.6 Å². The van der Waals surface area contributed by atoms with E-state index in [2.05, 4.69) is 25.3 Å². The molecule has 3 rings (SSSR count). The van der Waals surface area contributed by atoms with Gasteiger partial charge in [-0.05, 0) is 43.7 Å². The summed E-state index contributed by atoms with van der Waals surface area (Å²) in [4.78, 5) is 42.8. The summed E-state index contributed by atoms with van der Waals surface area (Å²) >= 11 is 0. The number of rotatable bonds is 5. The minimum atomic E-state index is -4.54. The number of carbonyl (C=O) groups is 2. The van der Waals surface area contributed by atoms with Crippen molar-refractivity contribution in [2.24, 2.45) is 0 Å². The van der Waals surface area contributed by atoms with E-state index in [9.17, 15) is 22.8 Å². The molecule has 2 amide bonds. The van der Waals surface area contributed by atoms with Crippen molar-refractivity contribution in [2.45, 2.75) is 32.6 Å². The largest absolute Gasteiger partial charge is 0.417 e. The van der Waals surface area contributed by atoms with E-state index in [-0.39, 0.29) is 29.6 Å². The lowest BCUT2D eigenvalue weighted by Crippen LogP contribution is -2.41. The molecule has 0 fully saturated rings. The third-order valence-corrected chi connectivity index (χ3v) is 4.74. The molecule has 0 radical (unpaired) electrons. The van der Waals surface area contributed by atoms with Crippen LogP contribution in [0.25, 0.3) is 0 Å². The highest BCUT2D eigenvalue weighted by Gasteiger charge is 2.32. The number of aromatic nitrogens is 4. The van der Waals surface area contributed by atoms with E-state index in [4.69, 9.17) is 5.73 Å². The SMILES string of the molecule is Cc1cc(NC(=O)C(=O)N(Cc2ccc(C(F)(F)F)cn2)[C@@H](C)c2ncccn2)cnc1N. The van der Waals surface area contributed by atoms with Crippen LogP contribution in [0.15, 0.2) is 49.1 Å². The van der Waals surface area contributed by atoms with Gasteiger partial charge in [0.15, 0.2) is 0 Å². The number of aryl methyl sites for hydroxylation is 1. The molecule has 9 nitrogen and oxygen atoms in total. The van der Waals surface area contributed by atoms with Crippen molar-refractivity contribution >= 4 is 23.3 Å². The van der Waals surface area contributed by atoms with E-state index < -0.39 is 29.6 Å². The van der Waals surface area contributed by atoms with Gasteiger partial charge in [-0.2, -0.15) is 13.2 Å². The molecule has 0 saturated carbocycles. The number of hydrogen-bond donors (Lipinski definition) is 2. The number of amides is 2. The average Bonchev–Trinajstić information content (AvgIpc) is 2.79. The summed E-state index contributed by atoms with van der Waals surface area (Å²) in [6, 6.07) is 4.37. The first-order valence-electron chi connectivity index (χ1n) is 9.69. The van der Waals surface area contributed by atoms with Gasteiger partial charge >= 0.3 is 18.0 Å². The van der Waals surface area contributed by atoms with Gasteiger partial charge in [-0.25, -0.2) is 15.0 Å². The molecule has 0 unspecified atom stereocenters. The maximum atomic E-state index is 13.1. The molecule has 172 valence electrons. The number of carbonyl (C=O) groups excluding carboxylic acids is 2. The van der Waals surface area contributed by atoms with Crippen LogP contribution >= 0.6 is 0 Å². The molecular weight excluding hydrogens is 439 g/mol. The zero-order valence-electron chi connectivity index (χ0n) is 17.7. The van der Waals surface area contributed by atoms with Gasteiger partial charge in [0.1, 0.15) is 11.6 Å². The van der Waals surface area contributed by atoms with E-state index in [1.165, 1.54) is 18.6 Å². The van der Waals surface area contributed by atoms with Gasteiger partial charge < -0.3 is 16.0 Å². The van der Waals surface area contributed by atoms with Crippen molar-refractivity contribution in [3.05, 3.63) is 71.7 Å². The first kappa shape index (κ1) is 23.6. The first-order valence-corrected chi connectivity index (χ1v) is 9.69. The molecule has 3 N–H and O–H groups in total. The second-order valence-electron chi connectivity index (χ2n) is 7.13. The lowest BCUT2D eigenvalue weighted by atomic mass is 10.2. The molecule has 0 aliphatic heterocycles. The fourth-order valence-electron chi connectivity index (χ4n) is 2.88. The predicted octanol–water partition coefficient (Wildman–Crippen LogP) is 2.90. The molecule has 1 atom stereocenters. The predicted molar refractivity (Wildman–Crippen MR) is 112 cm³/mol. The molecule has 0 saturated heterocycles. The van der Waals surface area contributed by atoms with Gasteiger partial charge in [-0.1, -0.05) is 0 Å². The number of halogens is 3. The number of nitrogens with zero attached hydrogens (tertiary/aromatic N) is 5. The molecule has 0 aliphatic rings. The Kier molecular flexibility index (Phi) is 6.85. The molecule has 33 heavy (non-hydrogen) atoms. The fraction of sp³-hybridized carbons (Fsp3) is 0.238. The zero-order chi connectivity index (χ0) is 24.2. The summed E-state index contributed by atoms with van der Waals surface area (Å²) in [6.45, 7) is 3.04. The number of nitrogens with one attached hydrogen (secondary N) is 1. The standard InChI is InChI=1S/C21H20F3N7O2/c1-12-8-16(10-29-17(12)25)30-19(32)20(33)31(13(2)18-26-6-3-7-27-18)11-15-5-4-14(9-28-15)21(22,23)24/h3-10,13H,11H2,1-2H3,(H2,25,29)(H,30,32)/t13-/m0/s1. The highest BCUT2D eigenvalue weighted by Crippen LogP contribution is 2.29. The number of nitrogens with two attached hydrogens (primary N) is 1. The van der Waals surface area contributed by atoms with Gasteiger partial charge in [0.05, 0.1) is 35.7 Å². The van der Waals surface area contributed by atoms with Crippen molar-refractivity contribution in [1.29, 1.82) is 0 Å². The van der Waals surface area contributed by atoms with Gasteiger partial charge in [0.2, 0.25) is 0 Å². The van der Waals surface area contributed by atoms with Crippen molar-refractivity contribution in [1.82, 2.24) is 24.8 Å². The molecule has 0 aliphatic carbocycles. The lowest BCUT2D eigenvalue weighted by molar-refractivity contribution is -0.145. The minimum absolute atomic E-state index is 0.150. The molecule has 0 aromatic carbocycles. The molecule has 3 aromatic rings. The van der Waals surface area contributed by atoms with Crippen LogP contribution in [0.4, 0.5) is 24.7 Å². The highest BCUT2D eigenvalue weighted by atomic mass is 19.4. The van der Waals surface area contributed by atoms with Crippen LogP contribution in [-0.2, 0) is 22.3 Å². The van der Waals surface area contributed by atoms with Crippen LogP contribution in [0.5, 0.6) is 0 Å². The number of nitrogen functional groups attached to an aromatic ring is 1. The Morgan fingerprint density at radius 2 is 1.82 bits per heavy atom. The van der Waals surface area contributed by atoms with E-state index in [0.717, 1.165) is 17.0 Å². The van der Waals surface area contributed by atoms with E-state index in [1.54, 1.807) is 26.0 Å². The molecule has 3 heterocycles. The van der Waals surface area contributed by atoms with Gasteiger partial charge in [0.25, 0.3) is 0 Å². The van der Waals surface area contributed by atoms with Crippen LogP contribution in [0.2, 0.25) is 0 Å². The summed E-state index contributed by atoms with van der Waals surface area (Å²) in [6.07, 6.45) is 0.377. The molecule has 0 bridgehead atoms. The summed E-state index contributed by atoms with van der Waals surface area (Å²) in [5, 5.41) is 2.45. The third kappa shape index (κ3) is 5.79. The van der Waals surface area contributed by atoms with E-state index in [1.807, 2.05) is 0 Å². The Morgan fingerprint density at radius 3 is 2.39 bits per heavy atom. The fourth-order valence-corrected chi connectivity index (χ4v) is 2.88. The average molecular weight is 459 g/mol. The summed E-state index contributed by atoms with van der Waals surface area (Å²) in [7, 11) is 0. The van der Waals surface area contributed by atoms with Crippen LogP contribution in [0.3, 0.4) is 0 Å². The second kappa shape index (κ2) is 9.59. The monoisotopic (exact) mass is 459 g/mol. The Balaban J connectivity index is 1.86. The zero-order valence-corrected chi connectivity index (χ0v) is 17.7. The summed E-state index contributed by atoms with van der Waals surface area (Å²) < 4.78 is 38.5. The molecular formula is C21H20F3N7O2. The van der Waals surface area contributed by atoms with Crippen LogP contribution in [-0.4, -0.2) is 36.7 Å². The van der Waals surface area contributed by atoms with Gasteiger partial charge in [0, 0.05) is 18.6 Å². The Bertz CT molecular complexity index is 1140. The smallest absolute Gasteiger partial charge is 0.383 e. The van der Waals surface area contributed by atoms with Crippen molar-refractivity contribution in [2.75, 3.05) is 11.1 Å². The van der Waals surface area contributed by atoms with Crippen LogP contribution < -0.4 is 11.1 Å². The van der Waals surface area contributed by atoms with Crippen LogP contribution in [0, 0.1) is 6.92 Å². The number of pyridine rings is 2. The topological polar surface area (TPSA) is 127 Å². The van der Waals surface area contributed by atoms with E-state index in [0.29, 0.717) is 11.8 Å². The normalized spacial score (nSPS) is 12.2. The first-order chi connectivity index (χ1) is 15.6. The summed E-state index contributed by atoms with van der Waals surface area (Å²) in [5.74, 6) is -1.40. The van der Waals surface area contributed by atoms with Crippen LogP contribution in [0.1, 0.15) is 35.6 Å². The minimum Gasteiger partial charge on any atom is -0.383 e. The number of alkyl halides is 3. The maximum absolute atomic E-state index is 13.1. The Morgan fingerprint density at radius 1 is 1.12 bits per heavy atom.